The fraction of sp³-hybridized carbons (Fsp3) is 0.417. The Bertz CT molecular complexity index is 429. The van der Waals surface area contributed by atoms with Crippen LogP contribution in [0.4, 0.5) is 4.39 Å². The van der Waals surface area contributed by atoms with Gasteiger partial charge in [0.05, 0.1) is 5.56 Å². The predicted molar refractivity (Wildman–Crippen MR) is 68.8 cm³/mol. The quantitative estimate of drug-likeness (QED) is 0.828. The predicted octanol–water partition coefficient (Wildman–Crippen LogP) is 3.10. The number of carbonyl (C=O) groups is 1. The lowest BCUT2D eigenvalue weighted by Crippen LogP contribution is -2.51. The van der Waals surface area contributed by atoms with Crippen LogP contribution in [-0.4, -0.2) is 11.4 Å². The van der Waals surface area contributed by atoms with Gasteiger partial charge in [-0.25, -0.2) is 4.39 Å². The Morgan fingerprint density at radius 1 is 1.50 bits per heavy atom. The average molecular weight is 333 g/mol. The number of amides is 1. The van der Waals surface area contributed by atoms with Gasteiger partial charge in [0.1, 0.15) is 5.82 Å². The van der Waals surface area contributed by atoms with Crippen molar-refractivity contribution in [1.29, 1.82) is 0 Å². The van der Waals surface area contributed by atoms with Crippen molar-refractivity contribution in [2.45, 2.75) is 31.7 Å². The van der Waals surface area contributed by atoms with Crippen LogP contribution >= 0.6 is 22.6 Å². The van der Waals surface area contributed by atoms with Gasteiger partial charge in [0.2, 0.25) is 0 Å². The molecule has 0 atom stereocenters. The Labute approximate surface area is 108 Å². The van der Waals surface area contributed by atoms with E-state index in [1.165, 1.54) is 12.1 Å². The molecule has 1 aromatic rings. The summed E-state index contributed by atoms with van der Waals surface area (Å²) in [7, 11) is 0. The number of hydrogen-bond acceptors (Lipinski definition) is 1. The van der Waals surface area contributed by atoms with E-state index >= 15 is 0 Å². The number of rotatable bonds is 2. The fourth-order valence-corrected chi connectivity index (χ4v) is 2.30. The topological polar surface area (TPSA) is 29.1 Å². The monoisotopic (exact) mass is 333 g/mol. The van der Waals surface area contributed by atoms with E-state index in [0.29, 0.717) is 0 Å². The van der Waals surface area contributed by atoms with Crippen LogP contribution in [0.1, 0.15) is 36.5 Å². The zero-order chi connectivity index (χ0) is 11.8. The number of halogens is 2. The van der Waals surface area contributed by atoms with Crippen LogP contribution in [0.3, 0.4) is 0 Å². The molecule has 2 nitrogen and oxygen atoms in total. The minimum absolute atomic E-state index is 0.132. The number of benzene rings is 1. The van der Waals surface area contributed by atoms with Crippen LogP contribution in [0.25, 0.3) is 0 Å². The van der Waals surface area contributed by atoms with Crippen molar-refractivity contribution in [2.24, 2.45) is 0 Å². The first-order valence-electron chi connectivity index (χ1n) is 5.28. The Morgan fingerprint density at radius 3 is 2.69 bits per heavy atom. The van der Waals surface area contributed by atoms with Gasteiger partial charge >= 0.3 is 0 Å². The SMILES string of the molecule is CC1(NC(=O)c2ccc(I)cc2F)CCC1. The van der Waals surface area contributed by atoms with Gasteiger partial charge in [0.25, 0.3) is 5.91 Å². The van der Waals surface area contributed by atoms with E-state index in [9.17, 15) is 9.18 Å². The number of nitrogens with one attached hydrogen (secondary N) is 1. The minimum Gasteiger partial charge on any atom is -0.347 e. The molecule has 86 valence electrons. The average Bonchev–Trinajstić information content (AvgIpc) is 2.14. The van der Waals surface area contributed by atoms with Gasteiger partial charge in [-0.1, -0.05) is 0 Å². The molecule has 0 unspecified atom stereocenters. The van der Waals surface area contributed by atoms with Gasteiger partial charge in [0, 0.05) is 9.11 Å². The molecule has 0 saturated heterocycles. The largest absolute Gasteiger partial charge is 0.347 e. The van der Waals surface area contributed by atoms with E-state index in [4.69, 9.17) is 0 Å². The van der Waals surface area contributed by atoms with Crippen molar-refractivity contribution in [1.82, 2.24) is 5.32 Å². The lowest BCUT2D eigenvalue weighted by atomic mass is 9.78. The molecule has 1 aliphatic rings. The maximum absolute atomic E-state index is 13.5. The van der Waals surface area contributed by atoms with Crippen molar-refractivity contribution in [3.8, 4) is 0 Å². The highest BCUT2D eigenvalue weighted by Crippen LogP contribution is 2.31. The third-order valence-corrected chi connectivity index (χ3v) is 3.72. The highest BCUT2D eigenvalue weighted by atomic mass is 127. The van der Waals surface area contributed by atoms with Crippen molar-refractivity contribution >= 4 is 28.5 Å². The van der Waals surface area contributed by atoms with Crippen molar-refractivity contribution in [3.63, 3.8) is 0 Å². The molecule has 0 aromatic heterocycles. The van der Waals surface area contributed by atoms with E-state index < -0.39 is 5.82 Å². The molecule has 1 saturated carbocycles. The summed E-state index contributed by atoms with van der Waals surface area (Å²) in [6.07, 6.45) is 3.08. The van der Waals surface area contributed by atoms with Crippen LogP contribution in [0.2, 0.25) is 0 Å². The third-order valence-electron chi connectivity index (χ3n) is 3.05. The summed E-state index contributed by atoms with van der Waals surface area (Å²) in [5.74, 6) is -0.761. The zero-order valence-electron chi connectivity index (χ0n) is 9.02. The van der Waals surface area contributed by atoms with Gasteiger partial charge in [0.15, 0.2) is 0 Å². The summed E-state index contributed by atoms with van der Waals surface area (Å²) in [6.45, 7) is 2.00. The van der Waals surface area contributed by atoms with Crippen LogP contribution in [0.5, 0.6) is 0 Å². The summed E-state index contributed by atoms with van der Waals surface area (Å²) in [5, 5.41) is 2.89. The van der Waals surface area contributed by atoms with E-state index in [1.54, 1.807) is 6.07 Å². The molecule has 0 radical (unpaired) electrons. The molecule has 1 amide bonds. The molecule has 0 bridgehead atoms. The first-order chi connectivity index (χ1) is 7.50. The second-order valence-corrected chi connectivity index (χ2v) is 5.74. The molecule has 0 heterocycles. The van der Waals surface area contributed by atoms with Crippen LogP contribution < -0.4 is 5.32 Å². The highest BCUT2D eigenvalue weighted by molar-refractivity contribution is 14.1. The lowest BCUT2D eigenvalue weighted by molar-refractivity contribution is 0.0846. The first kappa shape index (κ1) is 11.8. The summed E-state index contributed by atoms with van der Waals surface area (Å²) in [4.78, 5) is 11.8. The van der Waals surface area contributed by atoms with Crippen LogP contribution in [0, 0.1) is 9.39 Å². The number of carbonyl (C=O) groups excluding carboxylic acids is 1. The standard InChI is InChI=1S/C12H13FINO/c1-12(5-2-6-12)15-11(16)9-4-3-8(14)7-10(9)13/h3-4,7H,2,5-6H2,1H3,(H,15,16). The fourth-order valence-electron chi connectivity index (χ4n) is 1.85. The third kappa shape index (κ3) is 2.36. The molecule has 2 rings (SSSR count). The molecule has 1 aromatic carbocycles. The second-order valence-electron chi connectivity index (χ2n) is 4.49. The second kappa shape index (κ2) is 4.31. The lowest BCUT2D eigenvalue weighted by Gasteiger charge is -2.39. The molecule has 1 fully saturated rings. The molecule has 1 N–H and O–H groups in total. The molecule has 1 aliphatic carbocycles. The smallest absolute Gasteiger partial charge is 0.254 e. The van der Waals surface area contributed by atoms with Crippen molar-refractivity contribution in [2.75, 3.05) is 0 Å². The molecule has 0 spiro atoms. The molecule has 16 heavy (non-hydrogen) atoms. The van der Waals surface area contributed by atoms with Gasteiger partial charge < -0.3 is 5.32 Å². The maximum atomic E-state index is 13.5. The van der Waals surface area contributed by atoms with Crippen molar-refractivity contribution < 1.29 is 9.18 Å². The maximum Gasteiger partial charge on any atom is 0.254 e. The highest BCUT2D eigenvalue weighted by Gasteiger charge is 2.33. The summed E-state index contributed by atoms with van der Waals surface area (Å²) in [6, 6.07) is 4.65. The Hall–Kier alpha value is -0.650. The van der Waals surface area contributed by atoms with Gasteiger partial charge in [-0.15, -0.1) is 0 Å². The summed E-state index contributed by atoms with van der Waals surface area (Å²) in [5.41, 5.74) is 0.000487. The van der Waals surface area contributed by atoms with Crippen LogP contribution in [-0.2, 0) is 0 Å². The minimum atomic E-state index is -0.452. The molecule has 4 heteroatoms. The zero-order valence-corrected chi connectivity index (χ0v) is 11.2. The Morgan fingerprint density at radius 2 is 2.19 bits per heavy atom. The van der Waals surface area contributed by atoms with Gasteiger partial charge in [-0.3, -0.25) is 4.79 Å². The summed E-state index contributed by atoms with van der Waals surface area (Å²) >= 11 is 2.02. The normalized spacial score (nSPS) is 17.7. The van der Waals surface area contributed by atoms with Crippen LogP contribution in [0.15, 0.2) is 18.2 Å². The molecular formula is C12H13FINO. The van der Waals surface area contributed by atoms with E-state index in [-0.39, 0.29) is 17.0 Å². The van der Waals surface area contributed by atoms with E-state index in [0.717, 1.165) is 22.8 Å². The molecule has 0 aliphatic heterocycles. The Kier molecular flexibility index (Phi) is 3.19. The van der Waals surface area contributed by atoms with Crippen molar-refractivity contribution in [3.05, 3.63) is 33.1 Å². The van der Waals surface area contributed by atoms with E-state index in [2.05, 4.69) is 5.32 Å². The van der Waals surface area contributed by atoms with E-state index in [1.807, 2.05) is 29.5 Å². The van der Waals surface area contributed by atoms with Gasteiger partial charge in [-0.05, 0) is 67.0 Å². The van der Waals surface area contributed by atoms with Gasteiger partial charge in [-0.2, -0.15) is 0 Å². The number of hydrogen-bond donors (Lipinski definition) is 1. The molecular weight excluding hydrogens is 320 g/mol. The first-order valence-corrected chi connectivity index (χ1v) is 6.36. The summed E-state index contributed by atoms with van der Waals surface area (Å²) < 4.78 is 14.3. The Balaban J connectivity index is 2.14.